The summed E-state index contributed by atoms with van der Waals surface area (Å²) in [5.74, 6) is -0.478. The van der Waals surface area contributed by atoms with Crippen molar-refractivity contribution in [3.63, 3.8) is 0 Å². The second-order valence-electron chi connectivity index (χ2n) is 10.1. The van der Waals surface area contributed by atoms with E-state index in [0.717, 1.165) is 45.3 Å². The Labute approximate surface area is 238 Å². The van der Waals surface area contributed by atoms with Crippen LogP contribution in [0.5, 0.6) is 0 Å². The van der Waals surface area contributed by atoms with Crippen molar-refractivity contribution in [3.05, 3.63) is 76.0 Å². The number of aromatic nitrogens is 1. The molecule has 11 heteroatoms. The molecule has 1 aromatic heterocycles. The zero-order valence-electron chi connectivity index (χ0n) is 22.8. The van der Waals surface area contributed by atoms with Crippen LogP contribution in [0.3, 0.4) is 0 Å². The third-order valence-electron chi connectivity index (χ3n) is 7.49. The number of piperidine rings is 1. The summed E-state index contributed by atoms with van der Waals surface area (Å²) in [6.07, 6.45) is 5.59. The van der Waals surface area contributed by atoms with Crippen molar-refractivity contribution in [2.75, 3.05) is 47.0 Å². The maximum absolute atomic E-state index is 13.9. The quantitative estimate of drug-likeness (QED) is 0.482. The fourth-order valence-corrected chi connectivity index (χ4v) is 5.71. The number of hydrazone groups is 1. The first kappa shape index (κ1) is 28.2. The molecule has 9 nitrogen and oxygen atoms in total. The average molecular weight is 569 g/mol. The number of nitrogens with zero attached hydrogens (tertiary/aromatic N) is 5. The van der Waals surface area contributed by atoms with E-state index in [1.165, 1.54) is 25.0 Å². The van der Waals surface area contributed by atoms with E-state index < -0.39 is 17.8 Å². The minimum Gasteiger partial charge on any atom is -0.466 e. The van der Waals surface area contributed by atoms with Crippen molar-refractivity contribution >= 4 is 29.1 Å². The summed E-state index contributed by atoms with van der Waals surface area (Å²) in [6.45, 7) is 3.70. The Hall–Kier alpha value is -3.34. The molecule has 2 aromatic rings. The maximum atomic E-state index is 13.9. The Bertz CT molecular complexity index is 1310. The number of esters is 1. The van der Waals surface area contributed by atoms with Gasteiger partial charge in [0, 0.05) is 74.3 Å². The monoisotopic (exact) mass is 568 g/mol. The van der Waals surface area contributed by atoms with E-state index in [1.54, 1.807) is 19.4 Å². The van der Waals surface area contributed by atoms with Crippen LogP contribution in [0.25, 0.3) is 0 Å². The van der Waals surface area contributed by atoms with Gasteiger partial charge in [0.25, 0.3) is 0 Å². The van der Waals surface area contributed by atoms with Crippen molar-refractivity contribution in [2.45, 2.75) is 37.8 Å². The molecule has 2 saturated heterocycles. The van der Waals surface area contributed by atoms with Gasteiger partial charge in [-0.3, -0.25) is 19.9 Å². The van der Waals surface area contributed by atoms with Gasteiger partial charge in [0.2, 0.25) is 0 Å². The van der Waals surface area contributed by atoms with Gasteiger partial charge in [0.15, 0.2) is 5.84 Å². The highest BCUT2D eigenvalue weighted by molar-refractivity contribution is 6.31. The van der Waals surface area contributed by atoms with Gasteiger partial charge in [-0.2, -0.15) is 5.10 Å². The Morgan fingerprint density at radius 2 is 2.02 bits per heavy atom. The lowest BCUT2D eigenvalue weighted by Crippen LogP contribution is -2.42. The summed E-state index contributed by atoms with van der Waals surface area (Å²) < 4.78 is 24.5. The van der Waals surface area contributed by atoms with Crippen LogP contribution in [0.1, 0.15) is 43.0 Å². The van der Waals surface area contributed by atoms with E-state index >= 15 is 0 Å². The second kappa shape index (κ2) is 12.9. The topological polar surface area (TPSA) is 91.7 Å². The number of benzene rings is 1. The number of amidine groups is 1. The van der Waals surface area contributed by atoms with Crippen molar-refractivity contribution < 1.29 is 18.7 Å². The van der Waals surface area contributed by atoms with Crippen LogP contribution in [-0.2, 0) is 14.3 Å². The summed E-state index contributed by atoms with van der Waals surface area (Å²) in [5, 5.41) is 10.7. The minimum atomic E-state index is -0.788. The first-order chi connectivity index (χ1) is 19.5. The van der Waals surface area contributed by atoms with Crippen molar-refractivity contribution in [1.82, 2.24) is 20.2 Å². The Morgan fingerprint density at radius 1 is 1.20 bits per heavy atom. The lowest BCUT2D eigenvalue weighted by atomic mass is 9.94. The molecule has 0 spiro atoms. The van der Waals surface area contributed by atoms with Crippen LogP contribution in [-0.4, -0.2) is 85.5 Å². The van der Waals surface area contributed by atoms with Crippen LogP contribution in [0, 0.1) is 5.82 Å². The van der Waals surface area contributed by atoms with E-state index in [0.29, 0.717) is 47.6 Å². The highest BCUT2D eigenvalue weighted by Gasteiger charge is 2.34. The van der Waals surface area contributed by atoms with Crippen LogP contribution < -0.4 is 5.32 Å². The highest BCUT2D eigenvalue weighted by Crippen LogP contribution is 2.36. The van der Waals surface area contributed by atoms with Gasteiger partial charge in [-0.05, 0) is 37.1 Å². The molecule has 0 saturated carbocycles. The summed E-state index contributed by atoms with van der Waals surface area (Å²) in [4.78, 5) is 24.7. The number of pyridine rings is 1. The predicted molar refractivity (Wildman–Crippen MR) is 152 cm³/mol. The van der Waals surface area contributed by atoms with Crippen LogP contribution >= 0.6 is 11.6 Å². The van der Waals surface area contributed by atoms with Crippen LogP contribution in [0.15, 0.2) is 64.0 Å². The second-order valence-corrected chi connectivity index (χ2v) is 10.5. The zero-order chi connectivity index (χ0) is 28.1. The molecule has 0 aliphatic carbocycles. The Kier molecular flexibility index (Phi) is 9.08. The number of carbonyl (C=O) groups is 1. The van der Waals surface area contributed by atoms with Gasteiger partial charge in [-0.15, -0.1) is 0 Å². The summed E-state index contributed by atoms with van der Waals surface area (Å²) in [5.41, 5.74) is 3.32. The van der Waals surface area contributed by atoms with E-state index in [4.69, 9.17) is 31.2 Å². The predicted octanol–water partition coefficient (Wildman–Crippen LogP) is 3.95. The number of hydrogen-bond donors (Lipinski definition) is 1. The Morgan fingerprint density at radius 3 is 2.73 bits per heavy atom. The molecule has 1 N–H and O–H groups in total. The van der Waals surface area contributed by atoms with Gasteiger partial charge in [0.05, 0.1) is 25.3 Å². The van der Waals surface area contributed by atoms with E-state index in [1.807, 2.05) is 18.2 Å². The molecule has 212 valence electrons. The zero-order valence-corrected chi connectivity index (χ0v) is 23.5. The number of rotatable bonds is 8. The smallest absolute Gasteiger partial charge is 0.338 e. The summed E-state index contributed by atoms with van der Waals surface area (Å²) >= 11 is 6.47. The molecule has 3 aliphatic rings. The summed E-state index contributed by atoms with van der Waals surface area (Å²) in [7, 11) is 3.07. The average Bonchev–Trinajstić information content (AvgIpc) is 3.40. The molecule has 1 aromatic carbocycles. The van der Waals surface area contributed by atoms with Crippen LogP contribution in [0.4, 0.5) is 4.39 Å². The SMILES string of the molecule is COC[C@H]1CCCN1N=C1CCN(CC2=C(C(=O)OC)C(c3ccc(F)cc3Cl)N=C(c3ccccn3)N2)CC1. The van der Waals surface area contributed by atoms with Gasteiger partial charge >= 0.3 is 5.97 Å². The summed E-state index contributed by atoms with van der Waals surface area (Å²) in [6, 6.07) is 9.20. The molecule has 4 heterocycles. The van der Waals surface area contributed by atoms with E-state index in [9.17, 15) is 9.18 Å². The fraction of sp³-hybridized carbons (Fsp3) is 0.448. The number of ether oxygens (including phenoxy) is 2. The van der Waals surface area contributed by atoms with Gasteiger partial charge in [-0.1, -0.05) is 23.7 Å². The molecule has 0 bridgehead atoms. The molecule has 3 aliphatic heterocycles. The Balaban J connectivity index is 1.41. The first-order valence-electron chi connectivity index (χ1n) is 13.5. The standard InChI is InChI=1S/C29H34ClFN6O3/c1-39-18-21-6-5-13-37(21)35-20-10-14-36(15-11-20)17-25-26(29(38)40-2)27(22-9-8-19(31)16-23(22)30)34-28(33-25)24-7-3-4-12-32-24/h3-4,7-9,12,16,21,27H,5-6,10-11,13-15,17-18H2,1-2H3,(H,33,34)/t21-,27?/m1/s1. The van der Waals surface area contributed by atoms with Crippen LogP contribution in [0.2, 0.25) is 5.02 Å². The van der Waals surface area contributed by atoms with Gasteiger partial charge in [0.1, 0.15) is 17.6 Å². The maximum Gasteiger partial charge on any atom is 0.338 e. The molecule has 40 heavy (non-hydrogen) atoms. The van der Waals surface area contributed by atoms with Gasteiger partial charge < -0.3 is 14.8 Å². The molecule has 2 atom stereocenters. The first-order valence-corrected chi connectivity index (χ1v) is 13.9. The highest BCUT2D eigenvalue weighted by atomic mass is 35.5. The number of likely N-dealkylation sites (tertiary alicyclic amines) is 1. The molecule has 0 radical (unpaired) electrons. The lowest BCUT2D eigenvalue weighted by Gasteiger charge is -2.33. The van der Waals surface area contributed by atoms with Crippen molar-refractivity contribution in [1.29, 1.82) is 0 Å². The number of aliphatic imine (C=N–C) groups is 1. The lowest BCUT2D eigenvalue weighted by molar-refractivity contribution is -0.136. The number of methoxy groups -OCH3 is 2. The van der Waals surface area contributed by atoms with Crippen molar-refractivity contribution in [3.8, 4) is 0 Å². The third-order valence-corrected chi connectivity index (χ3v) is 7.81. The van der Waals surface area contributed by atoms with E-state index in [-0.39, 0.29) is 5.02 Å². The molecule has 1 unspecified atom stereocenters. The third kappa shape index (κ3) is 6.35. The normalized spacial score (nSPS) is 21.8. The van der Waals surface area contributed by atoms with Gasteiger partial charge in [-0.25, -0.2) is 9.18 Å². The van der Waals surface area contributed by atoms with Crippen molar-refractivity contribution in [2.24, 2.45) is 10.1 Å². The molecule has 0 amide bonds. The number of halogens is 2. The molecular formula is C29H34ClFN6O3. The fourth-order valence-electron chi connectivity index (χ4n) is 5.44. The number of hydrogen-bond acceptors (Lipinski definition) is 9. The largest absolute Gasteiger partial charge is 0.466 e. The number of nitrogens with one attached hydrogen (secondary N) is 1. The molecule has 2 fully saturated rings. The minimum absolute atomic E-state index is 0.185. The molecule has 5 rings (SSSR count). The number of carbonyl (C=O) groups excluding carboxylic acids is 1. The molecular weight excluding hydrogens is 535 g/mol. The van der Waals surface area contributed by atoms with E-state index in [2.05, 4.69) is 20.2 Å².